The van der Waals surface area contributed by atoms with Crippen molar-refractivity contribution in [2.75, 3.05) is 0 Å². The first kappa shape index (κ1) is 16.4. The fourth-order valence-corrected chi connectivity index (χ4v) is 4.45. The number of aryl methyl sites for hydroxylation is 1. The van der Waals surface area contributed by atoms with E-state index in [1.165, 1.54) is 11.6 Å². The number of ketones is 1. The Hall–Kier alpha value is -2.07. The molecule has 0 radical (unpaired) electrons. The summed E-state index contributed by atoms with van der Waals surface area (Å²) in [5.41, 5.74) is 2.03. The number of benzene rings is 1. The number of carbonyl (C=O) groups excluding carboxylic acids is 1. The molecule has 130 valence electrons. The van der Waals surface area contributed by atoms with E-state index in [9.17, 15) is 9.18 Å². The van der Waals surface area contributed by atoms with Gasteiger partial charge >= 0.3 is 0 Å². The molecule has 4 rings (SSSR count). The predicted molar refractivity (Wildman–Crippen MR) is 94.8 cm³/mol. The minimum Gasteiger partial charge on any atom is -0.293 e. The molecule has 2 aromatic rings. The second-order valence-corrected chi connectivity index (χ2v) is 7.36. The van der Waals surface area contributed by atoms with Crippen LogP contribution in [0.15, 0.2) is 42.5 Å². The number of Topliss-reactive ketones (excluding diaryl/α,β-unsaturated/α-hetero) is 1. The van der Waals surface area contributed by atoms with E-state index in [-0.39, 0.29) is 17.4 Å². The molecule has 2 unspecified atom stereocenters. The third-order valence-corrected chi connectivity index (χ3v) is 5.68. The van der Waals surface area contributed by atoms with Gasteiger partial charge in [0.15, 0.2) is 11.6 Å². The summed E-state index contributed by atoms with van der Waals surface area (Å²) in [5, 5.41) is 0. The molecule has 0 aliphatic carbocycles. The van der Waals surface area contributed by atoms with E-state index < -0.39 is 5.82 Å². The average molecular weight is 338 g/mol. The lowest BCUT2D eigenvalue weighted by Gasteiger charge is -2.38. The zero-order chi connectivity index (χ0) is 17.4. The summed E-state index contributed by atoms with van der Waals surface area (Å²) in [4.78, 5) is 19.5. The number of nitrogens with zero attached hydrogens (tertiary/aromatic N) is 2. The molecule has 2 fully saturated rings. The molecule has 0 saturated carbocycles. The summed E-state index contributed by atoms with van der Waals surface area (Å²) in [5.74, 6) is -0.708. The molecule has 3 nitrogen and oxygen atoms in total. The van der Waals surface area contributed by atoms with Crippen molar-refractivity contribution in [3.63, 3.8) is 0 Å². The van der Waals surface area contributed by atoms with Crippen LogP contribution in [0.25, 0.3) is 0 Å². The molecule has 2 aliphatic heterocycles. The normalized spacial score (nSPS) is 25.9. The lowest BCUT2D eigenvalue weighted by atomic mass is 9.85. The Morgan fingerprint density at radius 1 is 1.12 bits per heavy atom. The zero-order valence-electron chi connectivity index (χ0n) is 14.5. The molecule has 0 amide bonds. The van der Waals surface area contributed by atoms with Crippen molar-refractivity contribution in [3.8, 4) is 0 Å². The van der Waals surface area contributed by atoms with E-state index in [0.717, 1.165) is 32.2 Å². The van der Waals surface area contributed by atoms with Gasteiger partial charge in [0.05, 0.1) is 0 Å². The van der Waals surface area contributed by atoms with Crippen LogP contribution in [-0.4, -0.2) is 27.8 Å². The van der Waals surface area contributed by atoms with Crippen LogP contribution in [-0.2, 0) is 6.54 Å². The van der Waals surface area contributed by atoms with E-state index in [4.69, 9.17) is 0 Å². The Bertz CT molecular complexity index is 763. The highest BCUT2D eigenvalue weighted by molar-refractivity contribution is 5.96. The molecular formula is C21H23FN2O. The Morgan fingerprint density at radius 3 is 2.48 bits per heavy atom. The number of halogens is 1. The average Bonchev–Trinajstić information content (AvgIpc) is 2.85. The quantitative estimate of drug-likeness (QED) is 0.785. The summed E-state index contributed by atoms with van der Waals surface area (Å²) < 4.78 is 14.1. The fourth-order valence-electron chi connectivity index (χ4n) is 4.45. The highest BCUT2D eigenvalue weighted by Gasteiger charge is 2.43. The molecule has 2 bridgehead atoms. The molecule has 25 heavy (non-hydrogen) atoms. The topological polar surface area (TPSA) is 33.2 Å². The van der Waals surface area contributed by atoms with Crippen LogP contribution < -0.4 is 0 Å². The fraction of sp³-hybridized carbons (Fsp3) is 0.429. The molecule has 2 saturated heterocycles. The maximum Gasteiger partial charge on any atom is 0.187 e. The molecule has 4 heteroatoms. The second kappa shape index (κ2) is 6.68. The minimum absolute atomic E-state index is 0.0286. The number of fused-ring (bicyclic) bond motifs is 2. The summed E-state index contributed by atoms with van der Waals surface area (Å²) in [7, 11) is 0. The van der Waals surface area contributed by atoms with Gasteiger partial charge in [-0.25, -0.2) is 9.37 Å². The minimum atomic E-state index is -0.491. The van der Waals surface area contributed by atoms with Crippen LogP contribution in [0, 0.1) is 18.7 Å². The van der Waals surface area contributed by atoms with Crippen molar-refractivity contribution >= 4 is 5.78 Å². The number of piperidine rings is 1. The van der Waals surface area contributed by atoms with Crippen molar-refractivity contribution in [3.05, 3.63) is 65.2 Å². The molecular weight excluding hydrogens is 315 g/mol. The number of aromatic nitrogens is 1. The number of pyridine rings is 1. The van der Waals surface area contributed by atoms with Crippen molar-refractivity contribution in [1.29, 1.82) is 0 Å². The largest absolute Gasteiger partial charge is 0.293 e. The van der Waals surface area contributed by atoms with Gasteiger partial charge in [-0.2, -0.15) is 0 Å². The van der Waals surface area contributed by atoms with E-state index in [2.05, 4.69) is 34.1 Å². The lowest BCUT2D eigenvalue weighted by molar-refractivity contribution is 0.0670. The highest BCUT2D eigenvalue weighted by atomic mass is 19.1. The number of hydrogen-bond acceptors (Lipinski definition) is 3. The van der Waals surface area contributed by atoms with Gasteiger partial charge in [0.1, 0.15) is 5.69 Å². The number of carbonyl (C=O) groups is 1. The highest BCUT2D eigenvalue weighted by Crippen LogP contribution is 2.40. The lowest BCUT2D eigenvalue weighted by Crippen LogP contribution is -2.44. The van der Waals surface area contributed by atoms with Gasteiger partial charge in [0.2, 0.25) is 0 Å². The first-order valence-electron chi connectivity index (χ1n) is 9.09. The SMILES string of the molecule is Cc1ccc(F)c(C(=O)C2CC3CCC(C2)N3Cc2ccccc2)n1. The predicted octanol–water partition coefficient (Wildman–Crippen LogP) is 4.16. The van der Waals surface area contributed by atoms with Gasteiger partial charge < -0.3 is 0 Å². The summed E-state index contributed by atoms with van der Waals surface area (Å²) >= 11 is 0. The first-order valence-corrected chi connectivity index (χ1v) is 9.09. The number of rotatable bonds is 4. The van der Waals surface area contributed by atoms with Gasteiger partial charge in [0, 0.05) is 30.2 Å². The van der Waals surface area contributed by atoms with E-state index >= 15 is 0 Å². The maximum absolute atomic E-state index is 14.1. The molecule has 2 aliphatic rings. The Labute approximate surface area is 147 Å². The van der Waals surface area contributed by atoms with E-state index in [1.54, 1.807) is 13.0 Å². The molecule has 1 aromatic carbocycles. The smallest absolute Gasteiger partial charge is 0.187 e. The molecule has 1 aromatic heterocycles. The van der Waals surface area contributed by atoms with Crippen molar-refractivity contribution < 1.29 is 9.18 Å². The number of hydrogen-bond donors (Lipinski definition) is 0. The van der Waals surface area contributed by atoms with Crippen molar-refractivity contribution in [2.24, 2.45) is 5.92 Å². The Kier molecular flexibility index (Phi) is 4.38. The molecule has 0 spiro atoms. The molecule has 2 atom stereocenters. The van der Waals surface area contributed by atoms with Crippen LogP contribution in [0.1, 0.15) is 47.4 Å². The Balaban J connectivity index is 1.49. The van der Waals surface area contributed by atoms with Crippen LogP contribution in [0.3, 0.4) is 0 Å². The van der Waals surface area contributed by atoms with E-state index in [1.807, 2.05) is 6.07 Å². The molecule has 0 N–H and O–H groups in total. The molecule has 3 heterocycles. The van der Waals surface area contributed by atoms with Crippen LogP contribution in [0.5, 0.6) is 0 Å². The van der Waals surface area contributed by atoms with Crippen LogP contribution in [0.2, 0.25) is 0 Å². The summed E-state index contributed by atoms with van der Waals surface area (Å²) in [6, 6.07) is 14.3. The third kappa shape index (κ3) is 3.23. The van der Waals surface area contributed by atoms with E-state index in [0.29, 0.717) is 17.8 Å². The summed E-state index contributed by atoms with van der Waals surface area (Å²) in [6.07, 6.45) is 3.89. The third-order valence-electron chi connectivity index (χ3n) is 5.68. The van der Waals surface area contributed by atoms with Gasteiger partial charge in [-0.1, -0.05) is 30.3 Å². The second-order valence-electron chi connectivity index (χ2n) is 7.36. The summed E-state index contributed by atoms with van der Waals surface area (Å²) in [6.45, 7) is 2.73. The monoisotopic (exact) mass is 338 g/mol. The van der Waals surface area contributed by atoms with Crippen molar-refractivity contribution in [2.45, 2.75) is 51.2 Å². The van der Waals surface area contributed by atoms with Gasteiger partial charge in [-0.05, 0) is 50.3 Å². The van der Waals surface area contributed by atoms with Crippen molar-refractivity contribution in [1.82, 2.24) is 9.88 Å². The maximum atomic E-state index is 14.1. The van der Waals surface area contributed by atoms with Gasteiger partial charge in [-0.15, -0.1) is 0 Å². The first-order chi connectivity index (χ1) is 12.1. The zero-order valence-corrected chi connectivity index (χ0v) is 14.5. The Morgan fingerprint density at radius 2 is 1.80 bits per heavy atom. The van der Waals surface area contributed by atoms with Gasteiger partial charge in [0.25, 0.3) is 0 Å². The standard InChI is InChI=1S/C21H23FN2O/c1-14-7-10-19(22)20(23-14)21(25)16-11-17-8-9-18(12-16)24(17)13-15-5-3-2-4-6-15/h2-7,10,16-18H,8-9,11-13H2,1H3. The van der Waals surface area contributed by atoms with Crippen LogP contribution in [0.4, 0.5) is 4.39 Å². The van der Waals surface area contributed by atoms with Gasteiger partial charge in [-0.3, -0.25) is 9.69 Å². The van der Waals surface area contributed by atoms with Crippen LogP contribution >= 0.6 is 0 Å².